The zero-order valence-corrected chi connectivity index (χ0v) is 9.58. The molecule has 4 heteroatoms. The molecule has 1 aromatic carbocycles. The molecule has 0 aliphatic heterocycles. The van der Waals surface area contributed by atoms with Crippen molar-refractivity contribution < 1.29 is 4.39 Å². The molecule has 0 amide bonds. The first-order valence-corrected chi connectivity index (χ1v) is 5.06. The van der Waals surface area contributed by atoms with E-state index in [1.807, 2.05) is 20.9 Å². The van der Waals surface area contributed by atoms with Crippen LogP contribution in [0.15, 0.2) is 18.2 Å². The van der Waals surface area contributed by atoms with Crippen LogP contribution in [-0.2, 0) is 7.05 Å². The third-order valence-electron chi connectivity index (χ3n) is 2.77. The second-order valence-electron chi connectivity index (χ2n) is 3.91. The molecule has 0 aliphatic carbocycles. The van der Waals surface area contributed by atoms with E-state index in [4.69, 9.17) is 5.73 Å². The Hall–Kier alpha value is -1.84. The molecule has 2 rings (SSSR count). The molecule has 0 radical (unpaired) electrons. The third kappa shape index (κ3) is 1.56. The Morgan fingerprint density at radius 1 is 1.31 bits per heavy atom. The highest BCUT2D eigenvalue weighted by molar-refractivity contribution is 5.70. The molecular weight excluding hydrogens is 205 g/mol. The summed E-state index contributed by atoms with van der Waals surface area (Å²) in [6.45, 7) is 3.79. The molecular formula is C12H14FN3. The zero-order chi connectivity index (χ0) is 11.9. The van der Waals surface area contributed by atoms with Crippen molar-refractivity contribution in [2.24, 2.45) is 7.05 Å². The standard InChI is InChI=1S/C12H14FN3/c1-7-12(8(2)16(3)15-7)10-5-4-9(14)6-11(10)13/h4-6H,14H2,1-3H3. The first-order valence-electron chi connectivity index (χ1n) is 5.06. The molecule has 0 aliphatic rings. The summed E-state index contributed by atoms with van der Waals surface area (Å²) in [6, 6.07) is 4.73. The van der Waals surface area contributed by atoms with E-state index in [1.165, 1.54) is 6.07 Å². The molecule has 0 saturated heterocycles. The van der Waals surface area contributed by atoms with Crippen LogP contribution in [0.4, 0.5) is 10.1 Å². The number of anilines is 1. The van der Waals surface area contributed by atoms with Crippen molar-refractivity contribution in [1.29, 1.82) is 0 Å². The molecule has 0 spiro atoms. The Kier molecular flexibility index (Phi) is 2.42. The largest absolute Gasteiger partial charge is 0.399 e. The van der Waals surface area contributed by atoms with Gasteiger partial charge in [-0.1, -0.05) is 0 Å². The summed E-state index contributed by atoms with van der Waals surface area (Å²) in [5.41, 5.74) is 9.13. The predicted molar refractivity (Wildman–Crippen MR) is 62.5 cm³/mol. The fraction of sp³-hybridized carbons (Fsp3) is 0.250. The summed E-state index contributed by atoms with van der Waals surface area (Å²) in [4.78, 5) is 0. The van der Waals surface area contributed by atoms with Gasteiger partial charge in [-0.3, -0.25) is 4.68 Å². The summed E-state index contributed by atoms with van der Waals surface area (Å²) in [6.07, 6.45) is 0. The zero-order valence-electron chi connectivity index (χ0n) is 9.58. The van der Waals surface area contributed by atoms with Crippen LogP contribution in [0, 0.1) is 19.7 Å². The number of aromatic nitrogens is 2. The van der Waals surface area contributed by atoms with Crippen molar-refractivity contribution >= 4 is 5.69 Å². The van der Waals surface area contributed by atoms with Crippen LogP contribution in [0.2, 0.25) is 0 Å². The fourth-order valence-corrected chi connectivity index (χ4v) is 1.90. The molecule has 0 bridgehead atoms. The maximum Gasteiger partial charge on any atom is 0.133 e. The predicted octanol–water partition coefficient (Wildman–Crippen LogP) is 2.43. The highest BCUT2D eigenvalue weighted by atomic mass is 19.1. The normalized spacial score (nSPS) is 10.8. The molecule has 2 aromatic rings. The minimum Gasteiger partial charge on any atom is -0.399 e. The highest BCUT2D eigenvalue weighted by Gasteiger charge is 2.14. The van der Waals surface area contributed by atoms with Crippen molar-refractivity contribution in [3.05, 3.63) is 35.4 Å². The van der Waals surface area contributed by atoms with Gasteiger partial charge in [-0.05, 0) is 32.0 Å². The van der Waals surface area contributed by atoms with Crippen molar-refractivity contribution in [3.8, 4) is 11.1 Å². The number of halogens is 1. The van der Waals surface area contributed by atoms with E-state index in [0.29, 0.717) is 11.3 Å². The molecule has 1 aromatic heterocycles. The van der Waals surface area contributed by atoms with Gasteiger partial charge in [-0.2, -0.15) is 5.10 Å². The van der Waals surface area contributed by atoms with Gasteiger partial charge >= 0.3 is 0 Å². The molecule has 16 heavy (non-hydrogen) atoms. The molecule has 0 unspecified atom stereocenters. The number of hydrogen-bond acceptors (Lipinski definition) is 2. The smallest absolute Gasteiger partial charge is 0.133 e. The highest BCUT2D eigenvalue weighted by Crippen LogP contribution is 2.29. The van der Waals surface area contributed by atoms with Gasteiger partial charge in [0.25, 0.3) is 0 Å². The molecule has 0 saturated carbocycles. The Balaban J connectivity index is 2.67. The molecule has 1 heterocycles. The molecule has 84 valence electrons. The van der Waals surface area contributed by atoms with E-state index in [0.717, 1.165) is 17.0 Å². The topological polar surface area (TPSA) is 43.8 Å². The van der Waals surface area contributed by atoms with Crippen molar-refractivity contribution in [2.75, 3.05) is 5.73 Å². The number of nitrogen functional groups attached to an aromatic ring is 1. The van der Waals surface area contributed by atoms with Gasteiger partial charge in [-0.15, -0.1) is 0 Å². The summed E-state index contributed by atoms with van der Waals surface area (Å²) >= 11 is 0. The van der Waals surface area contributed by atoms with Crippen molar-refractivity contribution in [1.82, 2.24) is 9.78 Å². The van der Waals surface area contributed by atoms with E-state index in [1.54, 1.807) is 16.8 Å². The van der Waals surface area contributed by atoms with Gasteiger partial charge in [0, 0.05) is 29.6 Å². The van der Waals surface area contributed by atoms with E-state index in [-0.39, 0.29) is 5.82 Å². The Bertz CT molecular complexity index is 543. The Labute approximate surface area is 93.7 Å². The van der Waals surface area contributed by atoms with Gasteiger partial charge in [0.05, 0.1) is 5.69 Å². The van der Waals surface area contributed by atoms with Crippen molar-refractivity contribution in [3.63, 3.8) is 0 Å². The minimum atomic E-state index is -0.306. The minimum absolute atomic E-state index is 0.306. The Morgan fingerprint density at radius 3 is 2.50 bits per heavy atom. The first kappa shape index (κ1) is 10.7. The molecule has 3 nitrogen and oxygen atoms in total. The maximum atomic E-state index is 13.8. The SMILES string of the molecule is Cc1nn(C)c(C)c1-c1ccc(N)cc1F. The van der Waals surface area contributed by atoms with Crippen LogP contribution in [0.3, 0.4) is 0 Å². The molecule has 0 atom stereocenters. The average molecular weight is 219 g/mol. The lowest BCUT2D eigenvalue weighted by Crippen LogP contribution is -1.94. The Morgan fingerprint density at radius 2 is 2.00 bits per heavy atom. The third-order valence-corrected chi connectivity index (χ3v) is 2.77. The van der Waals surface area contributed by atoms with E-state index >= 15 is 0 Å². The number of hydrogen-bond donors (Lipinski definition) is 1. The maximum absolute atomic E-state index is 13.8. The van der Waals surface area contributed by atoms with Crippen LogP contribution < -0.4 is 5.73 Å². The summed E-state index contributed by atoms with van der Waals surface area (Å²) in [5, 5.41) is 4.27. The van der Waals surface area contributed by atoms with Crippen molar-refractivity contribution in [2.45, 2.75) is 13.8 Å². The summed E-state index contributed by atoms with van der Waals surface area (Å²) < 4.78 is 15.5. The van der Waals surface area contributed by atoms with E-state index in [9.17, 15) is 4.39 Å². The van der Waals surface area contributed by atoms with Crippen LogP contribution in [-0.4, -0.2) is 9.78 Å². The van der Waals surface area contributed by atoms with E-state index in [2.05, 4.69) is 5.10 Å². The monoisotopic (exact) mass is 219 g/mol. The summed E-state index contributed by atoms with van der Waals surface area (Å²) in [5.74, 6) is -0.306. The van der Waals surface area contributed by atoms with Gasteiger partial charge in [0.1, 0.15) is 5.82 Å². The number of benzene rings is 1. The second kappa shape index (κ2) is 3.63. The number of aryl methyl sites for hydroxylation is 2. The van der Waals surface area contributed by atoms with Crippen LogP contribution in [0.1, 0.15) is 11.4 Å². The van der Waals surface area contributed by atoms with Gasteiger partial charge in [0.2, 0.25) is 0 Å². The van der Waals surface area contributed by atoms with Crippen LogP contribution >= 0.6 is 0 Å². The lowest BCUT2D eigenvalue weighted by molar-refractivity contribution is 0.631. The fourth-order valence-electron chi connectivity index (χ4n) is 1.90. The molecule has 2 N–H and O–H groups in total. The lowest BCUT2D eigenvalue weighted by Gasteiger charge is -2.04. The summed E-state index contributed by atoms with van der Waals surface area (Å²) in [7, 11) is 1.85. The van der Waals surface area contributed by atoms with Gasteiger partial charge in [0.15, 0.2) is 0 Å². The van der Waals surface area contributed by atoms with Gasteiger partial charge < -0.3 is 5.73 Å². The number of rotatable bonds is 1. The van der Waals surface area contributed by atoms with Crippen LogP contribution in [0.5, 0.6) is 0 Å². The number of nitrogens with two attached hydrogens (primary N) is 1. The van der Waals surface area contributed by atoms with Gasteiger partial charge in [-0.25, -0.2) is 4.39 Å². The van der Waals surface area contributed by atoms with Crippen LogP contribution in [0.25, 0.3) is 11.1 Å². The second-order valence-corrected chi connectivity index (χ2v) is 3.91. The quantitative estimate of drug-likeness (QED) is 0.748. The average Bonchev–Trinajstić information content (AvgIpc) is 2.43. The number of nitrogens with zero attached hydrogens (tertiary/aromatic N) is 2. The first-order chi connectivity index (χ1) is 7.50. The van der Waals surface area contributed by atoms with E-state index < -0.39 is 0 Å². The molecule has 0 fully saturated rings. The lowest BCUT2D eigenvalue weighted by atomic mass is 10.0.